The van der Waals surface area contributed by atoms with Crippen LogP contribution in [0.15, 0.2) is 35.2 Å². The van der Waals surface area contributed by atoms with Gasteiger partial charge in [-0.3, -0.25) is 4.98 Å². The Morgan fingerprint density at radius 1 is 1.32 bits per heavy atom. The van der Waals surface area contributed by atoms with Gasteiger partial charge < -0.3 is 5.32 Å². The third kappa shape index (κ3) is 3.64. The van der Waals surface area contributed by atoms with Crippen LogP contribution in [0.25, 0.3) is 5.69 Å². The van der Waals surface area contributed by atoms with E-state index in [1.807, 2.05) is 12.4 Å². The minimum Gasteiger partial charge on any atom is -0.309 e. The molecule has 1 N–H and O–H groups in total. The van der Waals surface area contributed by atoms with Crippen molar-refractivity contribution < 1.29 is 0 Å². The summed E-state index contributed by atoms with van der Waals surface area (Å²) >= 11 is 3.39. The Hall–Kier alpha value is -1.20. The average molecular weight is 323 g/mol. The third-order valence-corrected chi connectivity index (χ3v) is 3.40. The number of nitrogens with one attached hydrogen (secondary N) is 1. The highest BCUT2D eigenvalue weighted by atomic mass is 79.9. The van der Waals surface area contributed by atoms with E-state index in [1.54, 1.807) is 10.9 Å². The second-order valence-corrected chi connectivity index (χ2v) is 5.38. The summed E-state index contributed by atoms with van der Waals surface area (Å²) < 4.78 is 2.77. The van der Waals surface area contributed by atoms with E-state index in [1.165, 1.54) is 0 Å². The topological polar surface area (TPSA) is 42.7 Å². The van der Waals surface area contributed by atoms with Crippen molar-refractivity contribution in [3.05, 3.63) is 40.9 Å². The van der Waals surface area contributed by atoms with E-state index in [0.29, 0.717) is 6.04 Å². The monoisotopic (exact) mass is 322 g/mol. The quantitative estimate of drug-likeness (QED) is 0.885. The zero-order valence-electron chi connectivity index (χ0n) is 11.3. The summed E-state index contributed by atoms with van der Waals surface area (Å²) in [5.41, 5.74) is 2.06. The number of rotatable bonds is 6. The lowest BCUT2D eigenvalue weighted by Crippen LogP contribution is -2.22. The van der Waals surface area contributed by atoms with Crippen molar-refractivity contribution in [3.8, 4) is 5.69 Å². The second-order valence-electron chi connectivity index (χ2n) is 4.46. The molecule has 0 saturated heterocycles. The molecule has 0 bridgehead atoms. The number of pyridine rings is 1. The van der Waals surface area contributed by atoms with E-state index < -0.39 is 0 Å². The molecule has 2 rings (SSSR count). The molecule has 0 aliphatic carbocycles. The third-order valence-electron chi connectivity index (χ3n) is 2.99. The number of hydrogen-bond acceptors (Lipinski definition) is 3. The molecular formula is C14H19BrN4. The van der Waals surface area contributed by atoms with Crippen LogP contribution in [0.5, 0.6) is 0 Å². The molecule has 0 fully saturated rings. The lowest BCUT2D eigenvalue weighted by molar-refractivity contribution is 0.507. The Kier molecular flexibility index (Phi) is 5.10. The first kappa shape index (κ1) is 14.2. The van der Waals surface area contributed by atoms with Crippen LogP contribution in [0.1, 0.15) is 38.4 Å². The maximum absolute atomic E-state index is 4.55. The first-order valence-electron chi connectivity index (χ1n) is 6.64. The molecule has 2 aromatic rings. The predicted molar refractivity (Wildman–Crippen MR) is 80.4 cm³/mol. The number of nitrogens with zero attached hydrogens (tertiary/aromatic N) is 3. The van der Waals surface area contributed by atoms with E-state index in [9.17, 15) is 0 Å². The minimum atomic E-state index is 0.332. The van der Waals surface area contributed by atoms with Gasteiger partial charge in [0.25, 0.3) is 0 Å². The summed E-state index contributed by atoms with van der Waals surface area (Å²) in [5.74, 6) is 0. The Morgan fingerprint density at radius 2 is 2.16 bits per heavy atom. The molecule has 5 heteroatoms. The SMILES string of the molecule is CCCNC(CC)c1ccc(-n2cc(Br)cn2)cn1. The lowest BCUT2D eigenvalue weighted by Gasteiger charge is -2.16. The van der Waals surface area contributed by atoms with E-state index in [4.69, 9.17) is 0 Å². The molecule has 4 nitrogen and oxygen atoms in total. The number of aromatic nitrogens is 3. The number of hydrogen-bond donors (Lipinski definition) is 1. The van der Waals surface area contributed by atoms with Crippen molar-refractivity contribution in [1.82, 2.24) is 20.1 Å². The summed E-state index contributed by atoms with van der Waals surface area (Å²) in [5, 5.41) is 7.75. The van der Waals surface area contributed by atoms with Crippen LogP contribution in [-0.4, -0.2) is 21.3 Å². The lowest BCUT2D eigenvalue weighted by atomic mass is 10.1. The van der Waals surface area contributed by atoms with Gasteiger partial charge in [0.15, 0.2) is 0 Å². The molecule has 0 aliphatic rings. The van der Waals surface area contributed by atoms with Crippen LogP contribution in [0, 0.1) is 0 Å². The van der Waals surface area contributed by atoms with Crippen LogP contribution >= 0.6 is 15.9 Å². The van der Waals surface area contributed by atoms with Crippen molar-refractivity contribution >= 4 is 15.9 Å². The summed E-state index contributed by atoms with van der Waals surface area (Å²) in [7, 11) is 0. The molecule has 0 amide bonds. The van der Waals surface area contributed by atoms with Crippen molar-refractivity contribution in [3.63, 3.8) is 0 Å². The zero-order chi connectivity index (χ0) is 13.7. The van der Waals surface area contributed by atoms with E-state index in [0.717, 1.165) is 35.2 Å². The molecule has 0 saturated carbocycles. The van der Waals surface area contributed by atoms with Gasteiger partial charge in [-0.2, -0.15) is 5.10 Å². The summed E-state index contributed by atoms with van der Waals surface area (Å²) in [4.78, 5) is 4.55. The Labute approximate surface area is 122 Å². The fourth-order valence-corrected chi connectivity index (χ4v) is 2.24. The van der Waals surface area contributed by atoms with Crippen molar-refractivity contribution in [1.29, 1.82) is 0 Å². The molecular weight excluding hydrogens is 304 g/mol. The molecule has 1 atom stereocenters. The first-order chi connectivity index (χ1) is 9.24. The van der Waals surface area contributed by atoms with Crippen LogP contribution in [0.3, 0.4) is 0 Å². The van der Waals surface area contributed by atoms with Crippen molar-refractivity contribution in [2.75, 3.05) is 6.54 Å². The normalized spacial score (nSPS) is 12.6. The summed E-state index contributed by atoms with van der Waals surface area (Å²) in [6.07, 6.45) is 7.73. The van der Waals surface area contributed by atoms with Gasteiger partial charge in [-0.25, -0.2) is 4.68 Å². The molecule has 0 radical (unpaired) electrons. The van der Waals surface area contributed by atoms with Gasteiger partial charge in [0.05, 0.1) is 28.2 Å². The molecule has 2 heterocycles. The van der Waals surface area contributed by atoms with Gasteiger partial charge in [-0.05, 0) is 47.4 Å². The van der Waals surface area contributed by atoms with Crippen LogP contribution < -0.4 is 5.32 Å². The van der Waals surface area contributed by atoms with Gasteiger partial charge in [0.2, 0.25) is 0 Å². The van der Waals surface area contributed by atoms with E-state index in [2.05, 4.69) is 57.3 Å². The van der Waals surface area contributed by atoms with Crippen LogP contribution in [0.2, 0.25) is 0 Å². The highest BCUT2D eigenvalue weighted by molar-refractivity contribution is 9.10. The van der Waals surface area contributed by atoms with Gasteiger partial charge in [0, 0.05) is 12.2 Å². The molecule has 0 spiro atoms. The van der Waals surface area contributed by atoms with Gasteiger partial charge in [-0.1, -0.05) is 13.8 Å². The van der Waals surface area contributed by atoms with Gasteiger partial charge in [0.1, 0.15) is 0 Å². The van der Waals surface area contributed by atoms with Crippen LogP contribution in [-0.2, 0) is 0 Å². The van der Waals surface area contributed by atoms with Crippen molar-refractivity contribution in [2.24, 2.45) is 0 Å². The maximum atomic E-state index is 4.55. The smallest absolute Gasteiger partial charge is 0.0829 e. The number of halogens is 1. The summed E-state index contributed by atoms with van der Waals surface area (Å²) in [6.45, 7) is 5.37. The molecule has 1 unspecified atom stereocenters. The Balaban J connectivity index is 2.13. The summed E-state index contributed by atoms with van der Waals surface area (Å²) in [6, 6.07) is 4.46. The molecule has 0 aromatic carbocycles. The first-order valence-corrected chi connectivity index (χ1v) is 7.43. The van der Waals surface area contributed by atoms with Gasteiger partial charge in [-0.15, -0.1) is 0 Å². The largest absolute Gasteiger partial charge is 0.309 e. The fraction of sp³-hybridized carbons (Fsp3) is 0.429. The van der Waals surface area contributed by atoms with E-state index in [-0.39, 0.29) is 0 Å². The maximum Gasteiger partial charge on any atom is 0.0829 e. The Bertz CT molecular complexity index is 506. The molecule has 0 aliphatic heterocycles. The van der Waals surface area contributed by atoms with Crippen LogP contribution in [0.4, 0.5) is 0 Å². The van der Waals surface area contributed by atoms with Crippen molar-refractivity contribution in [2.45, 2.75) is 32.7 Å². The fourth-order valence-electron chi connectivity index (χ4n) is 1.96. The molecule has 19 heavy (non-hydrogen) atoms. The average Bonchev–Trinajstić information content (AvgIpc) is 2.87. The standard InChI is InChI=1S/C14H19BrN4/c1-3-7-16-13(4-2)14-6-5-12(9-17-14)19-10-11(15)8-18-19/h5-6,8-10,13,16H,3-4,7H2,1-2H3. The zero-order valence-corrected chi connectivity index (χ0v) is 12.9. The second kappa shape index (κ2) is 6.82. The molecule has 2 aromatic heterocycles. The van der Waals surface area contributed by atoms with Gasteiger partial charge >= 0.3 is 0 Å². The molecule has 102 valence electrons. The highest BCUT2D eigenvalue weighted by Crippen LogP contribution is 2.17. The highest BCUT2D eigenvalue weighted by Gasteiger charge is 2.09. The Morgan fingerprint density at radius 3 is 2.68 bits per heavy atom. The van der Waals surface area contributed by atoms with E-state index >= 15 is 0 Å². The minimum absolute atomic E-state index is 0.332. The predicted octanol–water partition coefficient (Wildman–Crippen LogP) is 3.48.